The highest BCUT2D eigenvalue weighted by atomic mass is 16.2. The van der Waals surface area contributed by atoms with Crippen molar-refractivity contribution in [2.75, 3.05) is 49.8 Å². The van der Waals surface area contributed by atoms with Crippen molar-refractivity contribution < 1.29 is 4.79 Å². The van der Waals surface area contributed by atoms with E-state index in [1.807, 2.05) is 41.4 Å². The Kier molecular flexibility index (Phi) is 5.87. The molecule has 0 aliphatic carbocycles. The Balaban J connectivity index is 1.46. The van der Waals surface area contributed by atoms with Crippen LogP contribution in [-0.2, 0) is 6.54 Å². The first-order chi connectivity index (χ1) is 16.7. The minimum atomic E-state index is -0.149. The van der Waals surface area contributed by atoms with Crippen LogP contribution in [0.2, 0.25) is 0 Å². The molecule has 9 nitrogen and oxygen atoms in total. The molecule has 2 aromatic heterocycles. The summed E-state index contributed by atoms with van der Waals surface area (Å²) in [5.41, 5.74) is 2.76. The van der Waals surface area contributed by atoms with Crippen molar-refractivity contribution in [3.05, 3.63) is 53.5 Å². The lowest BCUT2D eigenvalue weighted by atomic mass is 9.97. The van der Waals surface area contributed by atoms with Gasteiger partial charge in [-0.2, -0.15) is 15.2 Å². The van der Waals surface area contributed by atoms with E-state index in [0.717, 1.165) is 32.7 Å². The number of anilines is 2. The third kappa shape index (κ3) is 4.55. The van der Waals surface area contributed by atoms with Gasteiger partial charge in [0.1, 0.15) is 6.07 Å². The van der Waals surface area contributed by atoms with Crippen molar-refractivity contribution in [1.29, 1.82) is 5.26 Å². The molecule has 35 heavy (non-hydrogen) atoms. The second-order valence-corrected chi connectivity index (χ2v) is 10.5. The molecule has 1 saturated heterocycles. The average Bonchev–Trinajstić information content (AvgIpc) is 3.13. The van der Waals surface area contributed by atoms with Gasteiger partial charge in [-0.1, -0.05) is 32.9 Å². The Morgan fingerprint density at radius 1 is 1.06 bits per heavy atom. The number of aromatic nitrogens is 3. The van der Waals surface area contributed by atoms with Gasteiger partial charge >= 0.3 is 0 Å². The van der Waals surface area contributed by atoms with Crippen molar-refractivity contribution in [1.82, 2.24) is 24.8 Å². The molecule has 180 valence electrons. The molecule has 0 saturated carbocycles. The number of hydrogen-bond acceptors (Lipinski definition) is 8. The number of carbonyl (C=O) groups excluding carboxylic acids is 1. The number of amides is 1. The number of likely N-dealkylation sites (N-methyl/N-ethyl adjacent to an activating group) is 1. The molecular weight excluding hydrogens is 440 g/mol. The van der Waals surface area contributed by atoms with Crippen LogP contribution >= 0.6 is 0 Å². The van der Waals surface area contributed by atoms with Gasteiger partial charge in [0.05, 0.1) is 11.1 Å². The quantitative estimate of drug-likeness (QED) is 0.574. The van der Waals surface area contributed by atoms with Crippen LogP contribution in [0.15, 0.2) is 36.5 Å². The summed E-state index contributed by atoms with van der Waals surface area (Å²) in [6, 6.07) is 11.7. The van der Waals surface area contributed by atoms with Gasteiger partial charge in [-0.15, -0.1) is 0 Å². The number of pyridine rings is 1. The Morgan fingerprint density at radius 2 is 1.77 bits per heavy atom. The first-order valence-corrected chi connectivity index (χ1v) is 11.9. The van der Waals surface area contributed by atoms with Crippen LogP contribution in [0.25, 0.3) is 11.0 Å². The van der Waals surface area contributed by atoms with Crippen LogP contribution in [0, 0.1) is 16.7 Å². The molecule has 9 heteroatoms. The van der Waals surface area contributed by atoms with Crippen molar-refractivity contribution in [3.63, 3.8) is 0 Å². The maximum atomic E-state index is 13.9. The summed E-state index contributed by atoms with van der Waals surface area (Å²) < 4.78 is 0. The second kappa shape index (κ2) is 8.87. The van der Waals surface area contributed by atoms with Crippen LogP contribution < -0.4 is 10.0 Å². The van der Waals surface area contributed by atoms with E-state index < -0.39 is 0 Å². The predicted octanol–water partition coefficient (Wildman–Crippen LogP) is 3.07. The van der Waals surface area contributed by atoms with Gasteiger partial charge in [0.25, 0.3) is 5.91 Å². The Labute approximate surface area is 205 Å². The highest BCUT2D eigenvalue weighted by Crippen LogP contribution is 2.42. The number of nitriles is 1. The maximum absolute atomic E-state index is 13.9. The average molecular weight is 471 g/mol. The zero-order chi connectivity index (χ0) is 24.7. The summed E-state index contributed by atoms with van der Waals surface area (Å²) in [6.07, 6.45) is 1.62. The van der Waals surface area contributed by atoms with Gasteiger partial charge < -0.3 is 4.90 Å². The fourth-order valence-corrected chi connectivity index (χ4v) is 4.61. The highest BCUT2D eigenvalue weighted by molar-refractivity contribution is 6.17. The molecule has 0 spiro atoms. The van der Waals surface area contributed by atoms with Crippen molar-refractivity contribution in [3.8, 4) is 6.07 Å². The fourth-order valence-electron chi connectivity index (χ4n) is 4.61. The largest absolute Gasteiger partial charge is 0.304 e. The third-order valence-corrected chi connectivity index (χ3v) is 6.39. The number of nitrogens with zero attached hydrogens (tertiary/aromatic N) is 8. The lowest BCUT2D eigenvalue weighted by Crippen LogP contribution is -2.48. The summed E-state index contributed by atoms with van der Waals surface area (Å²) in [7, 11) is 2.15. The maximum Gasteiger partial charge on any atom is 0.277 e. The molecule has 4 heterocycles. The van der Waals surface area contributed by atoms with Crippen LogP contribution in [0.3, 0.4) is 0 Å². The molecular formula is C26H30N8O. The summed E-state index contributed by atoms with van der Waals surface area (Å²) in [4.78, 5) is 31.8. The fraction of sp³-hybridized carbons (Fsp3) is 0.423. The third-order valence-electron chi connectivity index (χ3n) is 6.39. The molecule has 2 aliphatic rings. The van der Waals surface area contributed by atoms with Gasteiger partial charge in [-0.25, -0.2) is 9.99 Å². The predicted molar refractivity (Wildman–Crippen MR) is 135 cm³/mol. The molecule has 0 radical (unpaired) electrons. The minimum Gasteiger partial charge on any atom is -0.304 e. The van der Waals surface area contributed by atoms with Crippen molar-refractivity contribution in [2.45, 2.75) is 27.3 Å². The molecule has 1 aromatic carbocycles. The topological polar surface area (TPSA) is 92.5 Å². The number of piperazine rings is 1. The molecule has 3 aromatic rings. The smallest absolute Gasteiger partial charge is 0.277 e. The molecule has 1 amide bonds. The number of benzene rings is 1. The number of hydrazine groups is 1. The Morgan fingerprint density at radius 3 is 2.43 bits per heavy atom. The van der Waals surface area contributed by atoms with Crippen molar-refractivity contribution in [2.24, 2.45) is 5.41 Å². The first-order valence-electron chi connectivity index (χ1n) is 11.9. The van der Waals surface area contributed by atoms with E-state index in [2.05, 4.69) is 52.6 Å². The van der Waals surface area contributed by atoms with Gasteiger partial charge in [-0.3, -0.25) is 14.7 Å². The van der Waals surface area contributed by atoms with Crippen LogP contribution in [-0.4, -0.2) is 70.4 Å². The van der Waals surface area contributed by atoms with Crippen LogP contribution in [0.4, 0.5) is 11.5 Å². The molecule has 0 N–H and O–H groups in total. The molecule has 0 bridgehead atoms. The van der Waals surface area contributed by atoms with E-state index in [1.54, 1.807) is 11.2 Å². The SMILES string of the molecule is CN1CCN(Cc2ccc(C(=O)N3c4ccnc5nc(C#N)nc(c45)N3CC(C)(C)C)cc2)CC1. The number of hydrogen-bond donors (Lipinski definition) is 0. The molecule has 0 atom stereocenters. The summed E-state index contributed by atoms with van der Waals surface area (Å²) in [5.74, 6) is 0.438. The van der Waals surface area contributed by atoms with E-state index in [9.17, 15) is 10.1 Å². The van der Waals surface area contributed by atoms with Gasteiger partial charge in [0.15, 0.2) is 11.5 Å². The lowest BCUT2D eigenvalue weighted by Gasteiger charge is -2.35. The highest BCUT2D eigenvalue weighted by Gasteiger charge is 2.38. The van der Waals surface area contributed by atoms with Gasteiger partial charge in [-0.05, 0) is 36.2 Å². The second-order valence-electron chi connectivity index (χ2n) is 10.5. The van der Waals surface area contributed by atoms with E-state index in [1.165, 1.54) is 5.56 Å². The Bertz CT molecular complexity index is 1300. The van der Waals surface area contributed by atoms with Gasteiger partial charge in [0.2, 0.25) is 5.82 Å². The lowest BCUT2D eigenvalue weighted by molar-refractivity contribution is 0.0983. The molecule has 1 fully saturated rings. The Hall–Kier alpha value is -3.61. The first kappa shape index (κ1) is 23.1. The zero-order valence-electron chi connectivity index (χ0n) is 20.7. The van der Waals surface area contributed by atoms with Crippen molar-refractivity contribution >= 4 is 28.4 Å². The van der Waals surface area contributed by atoms with E-state index in [4.69, 9.17) is 0 Å². The minimum absolute atomic E-state index is 0.0404. The van der Waals surface area contributed by atoms with Gasteiger partial charge in [0, 0.05) is 51.0 Å². The number of rotatable bonds is 4. The number of carbonyl (C=O) groups is 1. The summed E-state index contributed by atoms with van der Waals surface area (Å²) in [6.45, 7) is 12.0. The summed E-state index contributed by atoms with van der Waals surface area (Å²) >= 11 is 0. The molecule has 0 unspecified atom stereocenters. The van der Waals surface area contributed by atoms with Crippen LogP contribution in [0.5, 0.6) is 0 Å². The normalized spacial score (nSPS) is 16.7. The van der Waals surface area contributed by atoms with Crippen LogP contribution in [0.1, 0.15) is 42.5 Å². The molecule has 5 rings (SSSR count). The standard InChI is InChI=1S/C26H30N8O/c1-26(2,3)17-33-24-22-20(9-10-28-23(22)29-21(15-27)30-24)34(33)25(35)19-7-5-18(6-8-19)16-32-13-11-31(4)12-14-32/h5-10H,11-14,16-17H2,1-4H3. The zero-order valence-corrected chi connectivity index (χ0v) is 20.7. The van der Waals surface area contributed by atoms with E-state index >= 15 is 0 Å². The van der Waals surface area contributed by atoms with E-state index in [-0.39, 0.29) is 17.1 Å². The molecule has 2 aliphatic heterocycles. The van der Waals surface area contributed by atoms with E-state index in [0.29, 0.717) is 34.6 Å². The monoisotopic (exact) mass is 470 g/mol. The summed E-state index contributed by atoms with van der Waals surface area (Å²) in [5, 5.41) is 13.7.